The third kappa shape index (κ3) is 3.18. The van der Waals surface area contributed by atoms with Crippen LogP contribution in [0.25, 0.3) is 0 Å². The zero-order chi connectivity index (χ0) is 17.3. The van der Waals surface area contributed by atoms with E-state index in [9.17, 15) is 9.59 Å². The van der Waals surface area contributed by atoms with Gasteiger partial charge >= 0.3 is 0 Å². The van der Waals surface area contributed by atoms with E-state index in [1.54, 1.807) is 0 Å². The van der Waals surface area contributed by atoms with Gasteiger partial charge in [-0.2, -0.15) is 0 Å². The molecule has 2 fully saturated rings. The molecule has 0 aliphatic carbocycles. The summed E-state index contributed by atoms with van der Waals surface area (Å²) in [5, 5.41) is 0. The fraction of sp³-hybridized carbons (Fsp3) is 0.579. The number of nitrogens with zero attached hydrogens (tertiary/aromatic N) is 3. The van der Waals surface area contributed by atoms with E-state index in [0.29, 0.717) is 32.0 Å². The third-order valence-corrected chi connectivity index (χ3v) is 5.27. The molecule has 130 valence electrons. The lowest BCUT2D eigenvalue weighted by Crippen LogP contribution is -2.64. The third-order valence-electron chi connectivity index (χ3n) is 5.27. The molecule has 2 saturated heterocycles. The van der Waals surface area contributed by atoms with Crippen LogP contribution in [0.3, 0.4) is 0 Å². The quantitative estimate of drug-likeness (QED) is 0.852. The van der Waals surface area contributed by atoms with Crippen molar-refractivity contribution in [2.45, 2.75) is 32.2 Å². The van der Waals surface area contributed by atoms with E-state index in [-0.39, 0.29) is 17.4 Å². The lowest BCUT2D eigenvalue weighted by atomic mass is 9.92. The zero-order valence-electron chi connectivity index (χ0n) is 14.9. The molecule has 0 N–H and O–H groups in total. The number of carbonyl (C=O) groups is 2. The maximum absolute atomic E-state index is 12.5. The Balaban J connectivity index is 1.77. The van der Waals surface area contributed by atoms with Gasteiger partial charge in [-0.25, -0.2) is 0 Å². The second kappa shape index (κ2) is 6.55. The van der Waals surface area contributed by atoms with Crippen LogP contribution in [0.2, 0.25) is 0 Å². The zero-order valence-corrected chi connectivity index (χ0v) is 14.9. The molecule has 0 aromatic heterocycles. The molecule has 2 aliphatic rings. The van der Waals surface area contributed by atoms with Gasteiger partial charge in [0.05, 0.1) is 12.1 Å². The van der Waals surface area contributed by atoms with Crippen LogP contribution in [0.1, 0.15) is 26.7 Å². The van der Waals surface area contributed by atoms with Gasteiger partial charge in [0, 0.05) is 31.7 Å². The molecule has 2 heterocycles. The molecule has 2 amide bonds. The highest BCUT2D eigenvalue weighted by atomic mass is 16.2. The van der Waals surface area contributed by atoms with Crippen LogP contribution < -0.4 is 4.90 Å². The molecule has 5 heteroatoms. The highest BCUT2D eigenvalue weighted by Crippen LogP contribution is 2.33. The summed E-state index contributed by atoms with van der Waals surface area (Å²) in [6.07, 6.45) is 1.52. The van der Waals surface area contributed by atoms with Gasteiger partial charge in [0.15, 0.2) is 0 Å². The van der Waals surface area contributed by atoms with Crippen LogP contribution in [0, 0.1) is 5.92 Å². The molecule has 1 aromatic rings. The summed E-state index contributed by atoms with van der Waals surface area (Å²) >= 11 is 0. The van der Waals surface area contributed by atoms with Gasteiger partial charge in [0.25, 0.3) is 0 Å². The SMILES string of the molecule is CC(C)CC(=O)N1CCC2(C1)CN(c1ccccc1)C(=O)CN2C. The lowest BCUT2D eigenvalue weighted by molar-refractivity contribution is -0.131. The molecule has 0 saturated carbocycles. The average molecular weight is 329 g/mol. The number of amides is 2. The lowest BCUT2D eigenvalue weighted by Gasteiger charge is -2.46. The Bertz CT molecular complexity index is 616. The molecule has 24 heavy (non-hydrogen) atoms. The Kier molecular flexibility index (Phi) is 4.63. The second-order valence-electron chi connectivity index (χ2n) is 7.56. The molecule has 1 aromatic carbocycles. The number of likely N-dealkylation sites (N-methyl/N-ethyl adjacent to an activating group) is 1. The number of likely N-dealkylation sites (tertiary alicyclic amines) is 1. The van der Waals surface area contributed by atoms with Crippen LogP contribution in [0.15, 0.2) is 30.3 Å². The van der Waals surface area contributed by atoms with Crippen LogP contribution in [-0.4, -0.2) is 60.4 Å². The number of piperazine rings is 1. The van der Waals surface area contributed by atoms with E-state index in [0.717, 1.165) is 18.7 Å². The fourth-order valence-corrected chi connectivity index (χ4v) is 3.79. The first-order chi connectivity index (χ1) is 11.4. The summed E-state index contributed by atoms with van der Waals surface area (Å²) in [5.74, 6) is 0.736. The van der Waals surface area contributed by atoms with Crippen LogP contribution in [-0.2, 0) is 9.59 Å². The van der Waals surface area contributed by atoms with E-state index in [4.69, 9.17) is 0 Å². The van der Waals surface area contributed by atoms with Crippen molar-refractivity contribution in [2.75, 3.05) is 38.1 Å². The van der Waals surface area contributed by atoms with Crippen molar-refractivity contribution in [3.63, 3.8) is 0 Å². The number of anilines is 1. The van der Waals surface area contributed by atoms with Crippen molar-refractivity contribution in [3.8, 4) is 0 Å². The van der Waals surface area contributed by atoms with Gasteiger partial charge in [-0.1, -0.05) is 32.0 Å². The monoisotopic (exact) mass is 329 g/mol. The largest absolute Gasteiger partial charge is 0.341 e. The minimum atomic E-state index is -0.129. The minimum Gasteiger partial charge on any atom is -0.341 e. The Labute approximate surface area is 144 Å². The summed E-state index contributed by atoms with van der Waals surface area (Å²) < 4.78 is 0. The van der Waals surface area contributed by atoms with Gasteiger partial charge in [-0.15, -0.1) is 0 Å². The number of benzene rings is 1. The molecule has 0 radical (unpaired) electrons. The summed E-state index contributed by atoms with van der Waals surface area (Å²) in [6.45, 7) is 6.70. The van der Waals surface area contributed by atoms with Gasteiger partial charge in [0.1, 0.15) is 0 Å². The van der Waals surface area contributed by atoms with Crippen molar-refractivity contribution in [1.82, 2.24) is 9.80 Å². The summed E-state index contributed by atoms with van der Waals surface area (Å²) in [4.78, 5) is 31.0. The highest BCUT2D eigenvalue weighted by molar-refractivity contribution is 5.96. The maximum Gasteiger partial charge on any atom is 0.241 e. The van der Waals surface area contributed by atoms with Crippen molar-refractivity contribution in [3.05, 3.63) is 30.3 Å². The average Bonchev–Trinajstić information content (AvgIpc) is 2.97. The fourth-order valence-electron chi connectivity index (χ4n) is 3.79. The molecule has 1 atom stereocenters. The number of para-hydroxylation sites is 1. The first-order valence-corrected chi connectivity index (χ1v) is 8.76. The Morgan fingerprint density at radius 1 is 1.21 bits per heavy atom. The predicted octanol–water partition coefficient (Wildman–Crippen LogP) is 1.98. The van der Waals surface area contributed by atoms with E-state index in [2.05, 4.69) is 18.7 Å². The van der Waals surface area contributed by atoms with Crippen LogP contribution >= 0.6 is 0 Å². The molecule has 1 unspecified atom stereocenters. The summed E-state index contributed by atoms with van der Waals surface area (Å²) in [6, 6.07) is 9.84. The van der Waals surface area contributed by atoms with Gasteiger partial charge in [-0.3, -0.25) is 14.5 Å². The van der Waals surface area contributed by atoms with Gasteiger partial charge < -0.3 is 9.80 Å². The maximum atomic E-state index is 12.5. The molecule has 1 spiro atoms. The molecule has 3 rings (SSSR count). The number of hydrogen-bond donors (Lipinski definition) is 0. The van der Waals surface area contributed by atoms with E-state index in [1.807, 2.05) is 47.2 Å². The topological polar surface area (TPSA) is 43.9 Å². The highest BCUT2D eigenvalue weighted by Gasteiger charge is 2.48. The van der Waals surface area contributed by atoms with E-state index >= 15 is 0 Å². The normalized spacial score (nSPS) is 25.1. The number of carbonyl (C=O) groups excluding carboxylic acids is 2. The molecule has 5 nitrogen and oxygen atoms in total. The Morgan fingerprint density at radius 3 is 2.58 bits per heavy atom. The molecule has 0 bridgehead atoms. The van der Waals surface area contributed by atoms with Crippen molar-refractivity contribution in [2.24, 2.45) is 5.92 Å². The molecular weight excluding hydrogens is 302 g/mol. The van der Waals surface area contributed by atoms with Gasteiger partial charge in [0.2, 0.25) is 11.8 Å². The van der Waals surface area contributed by atoms with E-state index in [1.165, 1.54) is 0 Å². The Morgan fingerprint density at radius 2 is 1.92 bits per heavy atom. The second-order valence-corrected chi connectivity index (χ2v) is 7.56. The first-order valence-electron chi connectivity index (χ1n) is 8.76. The van der Waals surface area contributed by atoms with Gasteiger partial charge in [-0.05, 0) is 31.5 Å². The van der Waals surface area contributed by atoms with Crippen molar-refractivity contribution >= 4 is 17.5 Å². The number of hydrogen-bond acceptors (Lipinski definition) is 3. The Hall–Kier alpha value is -1.88. The van der Waals surface area contributed by atoms with Crippen molar-refractivity contribution in [1.29, 1.82) is 0 Å². The minimum absolute atomic E-state index is 0.126. The molecule has 2 aliphatic heterocycles. The smallest absolute Gasteiger partial charge is 0.241 e. The summed E-state index contributed by atoms with van der Waals surface area (Å²) in [5.41, 5.74) is 0.818. The predicted molar refractivity (Wildman–Crippen MR) is 94.8 cm³/mol. The molecular formula is C19H27N3O2. The summed E-state index contributed by atoms with van der Waals surface area (Å²) in [7, 11) is 2.01. The van der Waals surface area contributed by atoms with Crippen molar-refractivity contribution < 1.29 is 9.59 Å². The van der Waals surface area contributed by atoms with E-state index < -0.39 is 0 Å². The number of rotatable bonds is 3. The standard InChI is InChI=1S/C19H27N3O2/c1-15(2)11-17(23)21-10-9-19(13-21)14-22(18(24)12-20(19)3)16-7-5-4-6-8-16/h4-8,15H,9-14H2,1-3H3. The van der Waals surface area contributed by atoms with Crippen LogP contribution in [0.4, 0.5) is 5.69 Å². The van der Waals surface area contributed by atoms with Crippen LogP contribution in [0.5, 0.6) is 0 Å². The first kappa shape index (κ1) is 17.0.